The van der Waals surface area contributed by atoms with Crippen molar-refractivity contribution in [1.82, 2.24) is 19.7 Å². The minimum absolute atomic E-state index is 0.0259. The SMILES string of the molecule is O=C(CNc1ccc(C(=O)N2CCCC2)cc1)Nc1cc(C(F)(F)F)ccc1-n1cncn1. The summed E-state index contributed by atoms with van der Waals surface area (Å²) < 4.78 is 40.7. The Balaban J connectivity index is 1.42. The van der Waals surface area contributed by atoms with E-state index >= 15 is 0 Å². The molecule has 0 saturated carbocycles. The maximum atomic E-state index is 13.2. The first-order valence-corrected chi connectivity index (χ1v) is 10.3. The van der Waals surface area contributed by atoms with Gasteiger partial charge in [0.1, 0.15) is 12.7 Å². The van der Waals surface area contributed by atoms with E-state index in [2.05, 4.69) is 20.7 Å². The van der Waals surface area contributed by atoms with Crippen molar-refractivity contribution in [2.75, 3.05) is 30.3 Å². The summed E-state index contributed by atoms with van der Waals surface area (Å²) in [6.45, 7) is 1.32. The minimum atomic E-state index is -4.56. The van der Waals surface area contributed by atoms with Gasteiger partial charge in [0.15, 0.2) is 0 Å². The highest BCUT2D eigenvalue weighted by Crippen LogP contribution is 2.33. The lowest BCUT2D eigenvalue weighted by atomic mass is 10.1. The Morgan fingerprint density at radius 3 is 2.39 bits per heavy atom. The third kappa shape index (κ3) is 5.30. The van der Waals surface area contributed by atoms with Gasteiger partial charge in [-0.15, -0.1) is 0 Å². The standard InChI is InChI=1S/C22H21F3N6O2/c23-22(24,25)16-5-8-19(31-14-26-13-28-31)18(11-16)29-20(32)12-27-17-6-3-15(4-7-17)21(33)30-9-1-2-10-30/h3-8,11,13-14,27H,1-2,9-10,12H2,(H,29,32). The number of nitrogens with zero attached hydrogens (tertiary/aromatic N) is 4. The van der Waals surface area contributed by atoms with Gasteiger partial charge in [0.25, 0.3) is 5.91 Å². The van der Waals surface area contributed by atoms with Crippen molar-refractivity contribution in [3.05, 3.63) is 66.2 Å². The molecule has 2 heterocycles. The molecule has 0 atom stereocenters. The first-order valence-electron chi connectivity index (χ1n) is 10.3. The van der Waals surface area contributed by atoms with E-state index < -0.39 is 17.6 Å². The zero-order valence-corrected chi connectivity index (χ0v) is 17.5. The molecule has 0 radical (unpaired) electrons. The fourth-order valence-corrected chi connectivity index (χ4v) is 3.56. The van der Waals surface area contributed by atoms with E-state index in [1.807, 2.05) is 0 Å². The lowest BCUT2D eigenvalue weighted by Gasteiger charge is -2.16. The molecule has 1 aliphatic heterocycles. The summed E-state index contributed by atoms with van der Waals surface area (Å²) in [5.74, 6) is -0.574. The predicted octanol–water partition coefficient (Wildman–Crippen LogP) is 3.57. The summed E-state index contributed by atoms with van der Waals surface area (Å²) in [7, 11) is 0. The number of benzene rings is 2. The third-order valence-corrected chi connectivity index (χ3v) is 5.24. The van der Waals surface area contributed by atoms with Crippen LogP contribution in [-0.4, -0.2) is 51.1 Å². The Morgan fingerprint density at radius 2 is 1.76 bits per heavy atom. The predicted molar refractivity (Wildman–Crippen MR) is 115 cm³/mol. The molecule has 1 aromatic heterocycles. The number of nitrogens with one attached hydrogen (secondary N) is 2. The molecule has 0 spiro atoms. The van der Waals surface area contributed by atoms with Crippen LogP contribution in [-0.2, 0) is 11.0 Å². The fraction of sp³-hybridized carbons (Fsp3) is 0.273. The van der Waals surface area contributed by atoms with Crippen molar-refractivity contribution >= 4 is 23.2 Å². The molecule has 1 aliphatic rings. The molecule has 1 saturated heterocycles. The van der Waals surface area contributed by atoms with Crippen LogP contribution in [0.5, 0.6) is 0 Å². The molecule has 4 rings (SSSR count). The monoisotopic (exact) mass is 458 g/mol. The van der Waals surface area contributed by atoms with Gasteiger partial charge in [-0.2, -0.15) is 18.3 Å². The van der Waals surface area contributed by atoms with Crippen LogP contribution in [0.3, 0.4) is 0 Å². The van der Waals surface area contributed by atoms with Crippen LogP contribution in [0.4, 0.5) is 24.5 Å². The van der Waals surface area contributed by atoms with Gasteiger partial charge in [0.05, 0.1) is 23.5 Å². The third-order valence-electron chi connectivity index (χ3n) is 5.24. The Kier molecular flexibility index (Phi) is 6.29. The number of hydrogen-bond acceptors (Lipinski definition) is 5. The second-order valence-corrected chi connectivity index (χ2v) is 7.55. The maximum Gasteiger partial charge on any atom is 0.416 e. The van der Waals surface area contributed by atoms with Gasteiger partial charge in [0.2, 0.25) is 5.91 Å². The summed E-state index contributed by atoms with van der Waals surface area (Å²) in [6, 6.07) is 9.71. The number of anilines is 2. The minimum Gasteiger partial charge on any atom is -0.376 e. The van der Waals surface area contributed by atoms with Gasteiger partial charge in [-0.3, -0.25) is 9.59 Å². The highest BCUT2D eigenvalue weighted by molar-refractivity contribution is 5.96. The average molecular weight is 458 g/mol. The topological polar surface area (TPSA) is 92.2 Å². The maximum absolute atomic E-state index is 13.2. The summed E-state index contributed by atoms with van der Waals surface area (Å²) in [5, 5.41) is 9.32. The van der Waals surface area contributed by atoms with Gasteiger partial charge >= 0.3 is 6.18 Å². The number of halogens is 3. The molecule has 0 aliphatic carbocycles. The Labute approximate surface area is 187 Å². The van der Waals surface area contributed by atoms with Crippen molar-refractivity contribution in [2.24, 2.45) is 0 Å². The van der Waals surface area contributed by atoms with Gasteiger partial charge in [-0.05, 0) is 55.3 Å². The van der Waals surface area contributed by atoms with Crippen LogP contribution in [0, 0.1) is 0 Å². The van der Waals surface area contributed by atoms with Crippen LogP contribution in [0.2, 0.25) is 0 Å². The van der Waals surface area contributed by atoms with Crippen LogP contribution in [0.1, 0.15) is 28.8 Å². The first kappa shape index (κ1) is 22.3. The van der Waals surface area contributed by atoms with E-state index in [0.717, 1.165) is 38.1 Å². The summed E-state index contributed by atoms with van der Waals surface area (Å²) in [5.41, 5.74) is 0.470. The Bertz CT molecular complexity index is 1120. The number of aromatic nitrogens is 3. The molecule has 172 valence electrons. The van der Waals surface area contributed by atoms with Crippen LogP contribution < -0.4 is 10.6 Å². The smallest absolute Gasteiger partial charge is 0.376 e. The molecule has 0 bridgehead atoms. The highest BCUT2D eigenvalue weighted by atomic mass is 19.4. The van der Waals surface area contributed by atoms with Crippen molar-refractivity contribution in [2.45, 2.75) is 19.0 Å². The number of alkyl halides is 3. The van der Waals surface area contributed by atoms with Crippen molar-refractivity contribution in [1.29, 1.82) is 0 Å². The lowest BCUT2D eigenvalue weighted by molar-refractivity contribution is -0.137. The van der Waals surface area contributed by atoms with E-state index in [1.54, 1.807) is 29.2 Å². The fourth-order valence-electron chi connectivity index (χ4n) is 3.56. The van der Waals surface area contributed by atoms with E-state index in [0.29, 0.717) is 11.3 Å². The number of likely N-dealkylation sites (tertiary alicyclic amines) is 1. The molecule has 2 amide bonds. The lowest BCUT2D eigenvalue weighted by Crippen LogP contribution is -2.27. The summed E-state index contributed by atoms with van der Waals surface area (Å²) in [4.78, 5) is 30.5. The molecule has 0 unspecified atom stereocenters. The first-order chi connectivity index (χ1) is 15.8. The zero-order chi connectivity index (χ0) is 23.4. The molecule has 2 N–H and O–H groups in total. The molecule has 2 aromatic carbocycles. The van der Waals surface area contributed by atoms with Crippen molar-refractivity contribution in [3.8, 4) is 5.69 Å². The number of rotatable bonds is 6. The zero-order valence-electron chi connectivity index (χ0n) is 17.5. The van der Waals surface area contributed by atoms with Crippen LogP contribution in [0.25, 0.3) is 5.69 Å². The normalized spacial score (nSPS) is 13.7. The second-order valence-electron chi connectivity index (χ2n) is 7.55. The number of carbonyl (C=O) groups is 2. The van der Waals surface area contributed by atoms with E-state index in [-0.39, 0.29) is 23.8 Å². The quantitative estimate of drug-likeness (QED) is 0.589. The second kappa shape index (κ2) is 9.31. The number of carbonyl (C=O) groups excluding carboxylic acids is 2. The van der Waals surface area contributed by atoms with E-state index in [1.165, 1.54) is 23.4 Å². The van der Waals surface area contributed by atoms with Crippen molar-refractivity contribution in [3.63, 3.8) is 0 Å². The molecule has 8 nitrogen and oxygen atoms in total. The highest BCUT2D eigenvalue weighted by Gasteiger charge is 2.31. The van der Waals surface area contributed by atoms with Gasteiger partial charge in [-0.25, -0.2) is 9.67 Å². The Hall–Kier alpha value is -3.89. The molecular formula is C22H21F3N6O2. The summed E-state index contributed by atoms with van der Waals surface area (Å²) in [6.07, 6.45) is 0.00725. The van der Waals surface area contributed by atoms with E-state index in [4.69, 9.17) is 0 Å². The van der Waals surface area contributed by atoms with Crippen LogP contribution in [0.15, 0.2) is 55.1 Å². The molecule has 1 fully saturated rings. The average Bonchev–Trinajstić information content (AvgIpc) is 3.51. The Morgan fingerprint density at radius 1 is 1.03 bits per heavy atom. The van der Waals surface area contributed by atoms with E-state index in [9.17, 15) is 22.8 Å². The molecular weight excluding hydrogens is 437 g/mol. The van der Waals surface area contributed by atoms with Crippen LogP contribution >= 0.6 is 0 Å². The number of hydrogen-bond donors (Lipinski definition) is 2. The summed E-state index contributed by atoms with van der Waals surface area (Å²) >= 11 is 0. The largest absolute Gasteiger partial charge is 0.416 e. The van der Waals surface area contributed by atoms with Crippen molar-refractivity contribution < 1.29 is 22.8 Å². The van der Waals surface area contributed by atoms with Gasteiger partial charge < -0.3 is 15.5 Å². The van der Waals surface area contributed by atoms with Gasteiger partial charge in [0, 0.05) is 24.3 Å². The molecule has 3 aromatic rings. The molecule has 33 heavy (non-hydrogen) atoms. The molecule has 11 heteroatoms. The number of amides is 2. The van der Waals surface area contributed by atoms with Gasteiger partial charge in [-0.1, -0.05) is 0 Å².